The van der Waals surface area contributed by atoms with Gasteiger partial charge in [-0.2, -0.15) is 0 Å². The lowest BCUT2D eigenvalue weighted by Gasteiger charge is -2.64. The van der Waals surface area contributed by atoms with E-state index in [2.05, 4.69) is 40.3 Å². The van der Waals surface area contributed by atoms with Crippen molar-refractivity contribution in [3.8, 4) is 5.75 Å². The summed E-state index contributed by atoms with van der Waals surface area (Å²) in [6.07, 6.45) is 4.23. The maximum absolute atomic E-state index is 12.9. The third kappa shape index (κ3) is 3.65. The fourth-order valence-corrected chi connectivity index (χ4v) is 8.13. The molecular weight excluding hydrogens is 486 g/mol. The molecule has 1 amide bonds. The number of aliphatic hydroxyl groups is 1. The van der Waals surface area contributed by atoms with Crippen molar-refractivity contribution >= 4 is 17.7 Å². The fourth-order valence-electron chi connectivity index (χ4n) is 8.13. The van der Waals surface area contributed by atoms with Crippen LogP contribution in [-0.4, -0.2) is 86.3 Å². The molecule has 0 bridgehead atoms. The Morgan fingerprint density at radius 3 is 2.68 bits per heavy atom. The molecule has 1 aromatic carbocycles. The molecule has 9 heteroatoms. The minimum Gasteiger partial charge on any atom is -0.497 e. The molecule has 2 fully saturated rings. The van der Waals surface area contributed by atoms with Crippen molar-refractivity contribution in [2.45, 2.75) is 69.7 Å². The summed E-state index contributed by atoms with van der Waals surface area (Å²) in [6.45, 7) is 9.27. The highest BCUT2D eigenvalue weighted by Gasteiger charge is 2.78. The number of esters is 1. The molecule has 3 heterocycles. The van der Waals surface area contributed by atoms with Crippen LogP contribution in [0.4, 0.5) is 10.5 Å². The number of nitrogens with zero attached hydrogens (tertiary/aromatic N) is 2. The van der Waals surface area contributed by atoms with Gasteiger partial charge in [-0.1, -0.05) is 39.0 Å². The van der Waals surface area contributed by atoms with Gasteiger partial charge in [-0.15, -0.1) is 0 Å². The van der Waals surface area contributed by atoms with Crippen molar-refractivity contribution in [2.75, 3.05) is 45.3 Å². The molecule has 4 aliphatic rings. The quantitative estimate of drug-likeness (QED) is 0.413. The summed E-state index contributed by atoms with van der Waals surface area (Å²) in [6, 6.07) is 5.60. The predicted molar refractivity (Wildman–Crippen MR) is 143 cm³/mol. The first-order chi connectivity index (χ1) is 18.0. The van der Waals surface area contributed by atoms with Gasteiger partial charge in [0.15, 0.2) is 5.60 Å². The summed E-state index contributed by atoms with van der Waals surface area (Å²) in [5, 5.41) is 15.7. The van der Waals surface area contributed by atoms with E-state index in [1.165, 1.54) is 6.92 Å². The smallest absolute Gasteiger partial charge is 0.407 e. The number of likely N-dealkylation sites (N-methyl/N-ethyl adjacent to an activating group) is 1. The van der Waals surface area contributed by atoms with Crippen molar-refractivity contribution in [1.82, 2.24) is 10.2 Å². The van der Waals surface area contributed by atoms with Crippen LogP contribution in [0.1, 0.15) is 46.1 Å². The van der Waals surface area contributed by atoms with Crippen molar-refractivity contribution < 1.29 is 28.9 Å². The third-order valence-corrected chi connectivity index (χ3v) is 9.31. The topological polar surface area (TPSA) is 101 Å². The Morgan fingerprint density at radius 1 is 1.26 bits per heavy atom. The molecule has 208 valence electrons. The Hall–Kier alpha value is -2.78. The first kappa shape index (κ1) is 26.8. The van der Waals surface area contributed by atoms with Crippen molar-refractivity contribution in [2.24, 2.45) is 11.3 Å². The number of nitrogens with one attached hydrogen (secondary N) is 1. The van der Waals surface area contributed by atoms with Gasteiger partial charge in [0.05, 0.1) is 13.2 Å². The van der Waals surface area contributed by atoms with Gasteiger partial charge in [0.1, 0.15) is 18.5 Å². The molecule has 1 aliphatic carbocycles. The van der Waals surface area contributed by atoms with Crippen LogP contribution in [0.15, 0.2) is 30.4 Å². The molecule has 5 rings (SSSR count). The molecule has 0 radical (unpaired) electrons. The number of benzene rings is 1. The van der Waals surface area contributed by atoms with Crippen molar-refractivity contribution in [1.29, 1.82) is 0 Å². The Labute approximate surface area is 225 Å². The number of hydrogen-bond donors (Lipinski definition) is 2. The number of alkyl carbamates (subject to hydrolysis) is 1. The molecule has 6 atom stereocenters. The summed E-state index contributed by atoms with van der Waals surface area (Å²) in [4.78, 5) is 29.9. The Morgan fingerprint density at radius 2 is 2.03 bits per heavy atom. The molecule has 0 aromatic heterocycles. The first-order valence-corrected chi connectivity index (χ1v) is 13.7. The maximum atomic E-state index is 12.9. The summed E-state index contributed by atoms with van der Waals surface area (Å²) in [5.41, 5.74) is -0.713. The van der Waals surface area contributed by atoms with E-state index in [9.17, 15) is 14.7 Å². The normalized spacial score (nSPS) is 34.9. The monoisotopic (exact) mass is 527 g/mol. The molecule has 2 N–H and O–H groups in total. The number of carbonyl (C=O) groups excluding carboxylic acids is 2. The average molecular weight is 528 g/mol. The predicted octanol–water partition coefficient (Wildman–Crippen LogP) is 2.85. The van der Waals surface area contributed by atoms with Gasteiger partial charge in [0.2, 0.25) is 0 Å². The molecule has 1 saturated heterocycles. The number of carbonyl (C=O) groups is 2. The van der Waals surface area contributed by atoms with E-state index in [1.54, 1.807) is 7.11 Å². The van der Waals surface area contributed by atoms with Crippen LogP contribution in [-0.2, 0) is 19.7 Å². The number of anilines is 1. The molecule has 1 aromatic rings. The molecule has 2 unspecified atom stereocenters. The van der Waals surface area contributed by atoms with Gasteiger partial charge in [-0.3, -0.25) is 9.69 Å². The van der Waals surface area contributed by atoms with Crippen molar-refractivity contribution in [3.05, 3.63) is 35.9 Å². The summed E-state index contributed by atoms with van der Waals surface area (Å²) >= 11 is 0. The number of hydrogen-bond acceptors (Lipinski definition) is 8. The van der Waals surface area contributed by atoms with E-state index in [-0.39, 0.29) is 18.6 Å². The first-order valence-electron chi connectivity index (χ1n) is 13.7. The van der Waals surface area contributed by atoms with Crippen LogP contribution >= 0.6 is 0 Å². The number of fused-ring (bicyclic) bond motifs is 1. The van der Waals surface area contributed by atoms with Gasteiger partial charge in [-0.05, 0) is 36.9 Å². The maximum Gasteiger partial charge on any atom is 0.407 e. The molecular formula is C29H41N3O6. The van der Waals surface area contributed by atoms with Gasteiger partial charge in [0.25, 0.3) is 0 Å². The van der Waals surface area contributed by atoms with Crippen LogP contribution in [0, 0.1) is 11.3 Å². The van der Waals surface area contributed by atoms with Gasteiger partial charge < -0.3 is 29.5 Å². The highest BCUT2D eigenvalue weighted by atomic mass is 16.6. The molecule has 1 spiro atoms. The fraction of sp³-hybridized carbons (Fsp3) is 0.655. The number of amides is 1. The zero-order valence-electron chi connectivity index (χ0n) is 23.3. The van der Waals surface area contributed by atoms with E-state index in [0.29, 0.717) is 13.0 Å². The molecule has 3 aliphatic heterocycles. The van der Waals surface area contributed by atoms with Crippen LogP contribution in [0.3, 0.4) is 0 Å². The second-order valence-electron chi connectivity index (χ2n) is 11.8. The van der Waals surface area contributed by atoms with Gasteiger partial charge >= 0.3 is 12.1 Å². The van der Waals surface area contributed by atoms with E-state index in [4.69, 9.17) is 14.2 Å². The number of ether oxygens (including phenoxy) is 3. The molecule has 9 nitrogen and oxygen atoms in total. The zero-order valence-corrected chi connectivity index (χ0v) is 23.3. The largest absolute Gasteiger partial charge is 0.497 e. The van der Waals surface area contributed by atoms with E-state index in [1.807, 2.05) is 33.0 Å². The number of rotatable bonds is 7. The minimum absolute atomic E-state index is 0.00788. The number of methoxy groups -OCH3 is 1. The highest BCUT2D eigenvalue weighted by molar-refractivity contribution is 5.72. The van der Waals surface area contributed by atoms with Gasteiger partial charge in [0, 0.05) is 55.7 Å². The lowest BCUT2D eigenvalue weighted by Crippen LogP contribution is -2.80. The van der Waals surface area contributed by atoms with E-state index in [0.717, 1.165) is 36.5 Å². The van der Waals surface area contributed by atoms with Crippen molar-refractivity contribution in [3.63, 3.8) is 0 Å². The second kappa shape index (κ2) is 9.45. The SMILES string of the molecule is CCC12C=CCN3CC[C@@]4(c5ccc(OC)cc5N(C)[C@H]4[C@@](O)(COC(=O)NCC(C)C)[C@@H]1OC(C)=O)C32. The van der Waals surface area contributed by atoms with E-state index < -0.39 is 40.6 Å². The average Bonchev–Trinajstić information content (AvgIpc) is 3.40. The Kier molecular flexibility index (Phi) is 6.67. The highest BCUT2D eigenvalue weighted by Crippen LogP contribution is 2.67. The summed E-state index contributed by atoms with van der Waals surface area (Å²) < 4.78 is 17.4. The summed E-state index contributed by atoms with van der Waals surface area (Å²) in [7, 11) is 3.61. The zero-order chi connectivity index (χ0) is 27.5. The third-order valence-electron chi connectivity index (χ3n) is 9.31. The van der Waals surface area contributed by atoms with Crippen LogP contribution < -0.4 is 15.0 Å². The standard InChI is InChI=1S/C29H41N3O6/c1-7-27-11-8-13-32-14-12-28(23(27)32)21-10-9-20(36-6)15-22(21)31(5)24(28)29(35,25(27)38-19(4)33)17-37-26(34)30-16-18(2)3/h8-11,15,18,23-25,35H,7,12-14,16-17H2,1-6H3,(H,30,34)/t23?,24-,25-,27?,28-,29+/m1/s1. The molecule has 1 saturated carbocycles. The molecule has 38 heavy (non-hydrogen) atoms. The van der Waals surface area contributed by atoms with E-state index >= 15 is 0 Å². The van der Waals surface area contributed by atoms with Crippen LogP contribution in [0.25, 0.3) is 0 Å². The van der Waals surface area contributed by atoms with Gasteiger partial charge in [-0.25, -0.2) is 4.79 Å². The Bertz CT molecular complexity index is 1140. The Balaban J connectivity index is 1.69. The minimum atomic E-state index is -1.69. The lowest BCUT2D eigenvalue weighted by molar-refractivity contribution is -0.228. The summed E-state index contributed by atoms with van der Waals surface area (Å²) in [5.74, 6) is 0.514. The van der Waals surface area contributed by atoms with Crippen LogP contribution in [0.5, 0.6) is 5.75 Å². The lowest BCUT2D eigenvalue weighted by atomic mass is 9.48. The van der Waals surface area contributed by atoms with Crippen LogP contribution in [0.2, 0.25) is 0 Å². The second-order valence-corrected chi connectivity index (χ2v) is 11.8.